The van der Waals surface area contributed by atoms with Crippen molar-refractivity contribution < 1.29 is 14.5 Å². The topological polar surface area (TPSA) is 96.5 Å². The third-order valence-electron chi connectivity index (χ3n) is 2.71. The number of para-hydroxylation sites is 1. The fourth-order valence-electron chi connectivity index (χ4n) is 1.50. The van der Waals surface area contributed by atoms with Crippen LogP contribution in [0.2, 0.25) is 0 Å². The Balaban J connectivity index is 3.28. The Morgan fingerprint density at radius 1 is 1.58 bits per heavy atom. The first kappa shape index (κ1) is 14.4. The van der Waals surface area contributed by atoms with Crippen LogP contribution in [0.1, 0.15) is 17.3 Å². The molecule has 7 heteroatoms. The van der Waals surface area contributed by atoms with E-state index in [1.54, 1.807) is 6.92 Å². The van der Waals surface area contributed by atoms with E-state index in [9.17, 15) is 14.9 Å². The second-order valence-corrected chi connectivity index (χ2v) is 3.84. The molecule has 1 atom stereocenters. The van der Waals surface area contributed by atoms with Crippen LogP contribution in [0.3, 0.4) is 0 Å². The molecule has 1 aromatic carbocycles. The third-order valence-corrected chi connectivity index (χ3v) is 2.71. The van der Waals surface area contributed by atoms with Gasteiger partial charge >= 0.3 is 5.69 Å². The molecule has 0 bridgehead atoms. The standard InChI is InChI=1S/C12H13N3O4/c1-8(7-13)14(2)12(16)9-5-4-6-10(15(17)18)11(9)19-3/h4-6,8H,1-3H3. The Labute approximate surface area is 110 Å². The highest BCUT2D eigenvalue weighted by Gasteiger charge is 2.26. The number of nitrogens with zero attached hydrogens (tertiary/aromatic N) is 3. The van der Waals surface area contributed by atoms with Crippen LogP contribution in [0.15, 0.2) is 18.2 Å². The maximum absolute atomic E-state index is 12.2. The van der Waals surface area contributed by atoms with Gasteiger partial charge in [-0.05, 0) is 13.0 Å². The maximum Gasteiger partial charge on any atom is 0.311 e. The van der Waals surface area contributed by atoms with E-state index in [2.05, 4.69) is 0 Å². The van der Waals surface area contributed by atoms with E-state index in [0.717, 1.165) is 0 Å². The highest BCUT2D eigenvalue weighted by molar-refractivity contribution is 5.98. The van der Waals surface area contributed by atoms with Crippen molar-refractivity contribution in [2.75, 3.05) is 14.2 Å². The van der Waals surface area contributed by atoms with Crippen molar-refractivity contribution in [3.8, 4) is 11.8 Å². The molecule has 0 N–H and O–H groups in total. The van der Waals surface area contributed by atoms with E-state index < -0.39 is 16.9 Å². The van der Waals surface area contributed by atoms with E-state index in [1.165, 1.54) is 37.3 Å². The lowest BCUT2D eigenvalue weighted by Gasteiger charge is -2.20. The molecule has 0 saturated heterocycles. The number of carbonyl (C=O) groups is 1. The quantitative estimate of drug-likeness (QED) is 0.607. The summed E-state index contributed by atoms with van der Waals surface area (Å²) in [6.45, 7) is 1.56. The van der Waals surface area contributed by atoms with Crippen molar-refractivity contribution in [3.05, 3.63) is 33.9 Å². The fraction of sp³-hybridized carbons (Fsp3) is 0.333. The number of hydrogen-bond donors (Lipinski definition) is 0. The molecule has 7 nitrogen and oxygen atoms in total. The summed E-state index contributed by atoms with van der Waals surface area (Å²) in [6, 6.07) is 5.36. The second kappa shape index (κ2) is 5.82. The van der Waals surface area contributed by atoms with Gasteiger partial charge in [-0.1, -0.05) is 6.07 Å². The second-order valence-electron chi connectivity index (χ2n) is 3.84. The van der Waals surface area contributed by atoms with Gasteiger partial charge in [0, 0.05) is 13.1 Å². The Hall–Kier alpha value is -2.62. The zero-order valence-electron chi connectivity index (χ0n) is 10.8. The van der Waals surface area contributed by atoms with Crippen LogP contribution in [0.4, 0.5) is 5.69 Å². The summed E-state index contributed by atoms with van der Waals surface area (Å²) in [6.07, 6.45) is 0. The van der Waals surface area contributed by atoms with Crippen molar-refractivity contribution in [1.82, 2.24) is 4.90 Å². The number of nitro benzene ring substituents is 1. The zero-order chi connectivity index (χ0) is 14.6. The minimum absolute atomic E-state index is 0.0568. The number of nitro groups is 1. The van der Waals surface area contributed by atoms with E-state index in [-0.39, 0.29) is 17.0 Å². The predicted molar refractivity (Wildman–Crippen MR) is 66.8 cm³/mol. The van der Waals surface area contributed by atoms with Crippen LogP contribution in [0.25, 0.3) is 0 Å². The monoisotopic (exact) mass is 263 g/mol. The molecule has 0 heterocycles. The van der Waals surface area contributed by atoms with E-state index >= 15 is 0 Å². The average Bonchev–Trinajstić information content (AvgIpc) is 2.43. The number of hydrogen-bond acceptors (Lipinski definition) is 5. The fourth-order valence-corrected chi connectivity index (χ4v) is 1.50. The largest absolute Gasteiger partial charge is 0.490 e. The third kappa shape index (κ3) is 2.80. The van der Waals surface area contributed by atoms with Gasteiger partial charge in [0.1, 0.15) is 6.04 Å². The highest BCUT2D eigenvalue weighted by Crippen LogP contribution is 2.31. The molecular formula is C12H13N3O4. The molecule has 1 amide bonds. The molecule has 19 heavy (non-hydrogen) atoms. The van der Waals surface area contributed by atoms with E-state index in [4.69, 9.17) is 10.00 Å². The molecule has 0 aromatic heterocycles. The molecule has 0 aliphatic rings. The van der Waals surface area contributed by atoms with Gasteiger partial charge < -0.3 is 9.64 Å². The Morgan fingerprint density at radius 3 is 2.68 bits per heavy atom. The molecular weight excluding hydrogens is 250 g/mol. The number of carbonyl (C=O) groups excluding carboxylic acids is 1. The normalized spacial score (nSPS) is 11.3. The van der Waals surface area contributed by atoms with E-state index in [1.807, 2.05) is 6.07 Å². The summed E-state index contributed by atoms with van der Waals surface area (Å²) in [5.41, 5.74) is -0.229. The van der Waals surface area contributed by atoms with Gasteiger partial charge in [0.25, 0.3) is 5.91 Å². The first-order valence-corrected chi connectivity index (χ1v) is 5.42. The molecule has 0 saturated carbocycles. The van der Waals surface area contributed by atoms with Gasteiger partial charge in [0.05, 0.1) is 23.7 Å². The summed E-state index contributed by atoms with van der Waals surface area (Å²) in [5.74, 6) is -0.607. The number of rotatable bonds is 4. The van der Waals surface area contributed by atoms with Crippen LogP contribution < -0.4 is 4.74 Å². The summed E-state index contributed by atoms with van der Waals surface area (Å²) in [5, 5.41) is 19.7. The molecule has 0 radical (unpaired) electrons. The van der Waals surface area contributed by atoms with E-state index in [0.29, 0.717) is 0 Å². The maximum atomic E-state index is 12.2. The summed E-state index contributed by atoms with van der Waals surface area (Å²) < 4.78 is 4.95. The number of methoxy groups -OCH3 is 1. The Bertz CT molecular complexity index is 550. The smallest absolute Gasteiger partial charge is 0.311 e. The van der Waals surface area contributed by atoms with Gasteiger partial charge in [-0.25, -0.2) is 0 Å². The molecule has 1 aromatic rings. The van der Waals surface area contributed by atoms with Crippen LogP contribution >= 0.6 is 0 Å². The van der Waals surface area contributed by atoms with Crippen molar-refractivity contribution in [3.63, 3.8) is 0 Å². The molecule has 0 aliphatic carbocycles. The number of nitriles is 1. The number of amides is 1. The minimum atomic E-state index is -0.642. The van der Waals surface area contributed by atoms with Gasteiger partial charge in [0.15, 0.2) is 0 Å². The van der Waals surface area contributed by atoms with Crippen molar-refractivity contribution in [2.24, 2.45) is 0 Å². The predicted octanol–water partition coefficient (Wildman–Crippen LogP) is 1.59. The first-order chi connectivity index (χ1) is 8.93. The van der Waals surface area contributed by atoms with Gasteiger partial charge in [-0.3, -0.25) is 14.9 Å². The van der Waals surface area contributed by atoms with Crippen LogP contribution in [-0.4, -0.2) is 35.9 Å². The van der Waals surface area contributed by atoms with Crippen molar-refractivity contribution in [2.45, 2.75) is 13.0 Å². The molecule has 1 unspecified atom stereocenters. The molecule has 1 rings (SSSR count). The van der Waals surface area contributed by atoms with Crippen LogP contribution in [0.5, 0.6) is 5.75 Å². The lowest BCUT2D eigenvalue weighted by Crippen LogP contribution is -2.34. The number of ether oxygens (including phenoxy) is 1. The Kier molecular flexibility index (Phi) is 4.42. The first-order valence-electron chi connectivity index (χ1n) is 5.42. The highest BCUT2D eigenvalue weighted by atomic mass is 16.6. The van der Waals surface area contributed by atoms with Crippen LogP contribution in [-0.2, 0) is 0 Å². The molecule has 100 valence electrons. The summed E-state index contributed by atoms with van der Waals surface area (Å²) in [4.78, 5) is 23.6. The van der Waals surface area contributed by atoms with Gasteiger partial charge in [-0.2, -0.15) is 5.26 Å². The van der Waals surface area contributed by atoms with Crippen LogP contribution in [0, 0.1) is 21.4 Å². The molecule has 0 fully saturated rings. The van der Waals surface area contributed by atoms with Gasteiger partial charge in [-0.15, -0.1) is 0 Å². The molecule has 0 aliphatic heterocycles. The van der Waals surface area contributed by atoms with Crippen molar-refractivity contribution in [1.29, 1.82) is 5.26 Å². The minimum Gasteiger partial charge on any atom is -0.490 e. The number of benzene rings is 1. The lowest BCUT2D eigenvalue weighted by molar-refractivity contribution is -0.385. The lowest BCUT2D eigenvalue weighted by atomic mass is 10.1. The molecule has 0 spiro atoms. The average molecular weight is 263 g/mol. The van der Waals surface area contributed by atoms with Gasteiger partial charge in [0.2, 0.25) is 5.75 Å². The Morgan fingerprint density at radius 2 is 2.21 bits per heavy atom. The zero-order valence-corrected chi connectivity index (χ0v) is 10.8. The summed E-state index contributed by atoms with van der Waals surface area (Å²) >= 11 is 0. The SMILES string of the molecule is COc1c(C(=O)N(C)C(C)C#N)cccc1[N+](=O)[O-]. The summed E-state index contributed by atoms with van der Waals surface area (Å²) in [7, 11) is 2.71. The van der Waals surface area contributed by atoms with Crippen molar-refractivity contribution >= 4 is 11.6 Å².